The van der Waals surface area contributed by atoms with Crippen molar-refractivity contribution < 1.29 is 9.90 Å². The first-order chi connectivity index (χ1) is 11.4. The molecule has 1 fully saturated rings. The van der Waals surface area contributed by atoms with E-state index < -0.39 is 0 Å². The number of hydrogen-bond donors (Lipinski definition) is 3. The number of nitrogens with one attached hydrogen (secondary N) is 2. The highest BCUT2D eigenvalue weighted by molar-refractivity contribution is 5.76. The molecule has 1 aliphatic carbocycles. The second-order valence-corrected chi connectivity index (χ2v) is 6.66. The SMILES string of the molecule is Cc1[nH]c(=O)c(C#N)c(C)c1CCC(=O)NCC1CCCC(O)C1. The van der Waals surface area contributed by atoms with Crippen LogP contribution in [-0.2, 0) is 11.2 Å². The number of pyridine rings is 1. The summed E-state index contributed by atoms with van der Waals surface area (Å²) in [5.41, 5.74) is 1.96. The highest BCUT2D eigenvalue weighted by Crippen LogP contribution is 2.23. The fourth-order valence-corrected chi connectivity index (χ4v) is 3.45. The molecule has 0 spiro atoms. The fourth-order valence-electron chi connectivity index (χ4n) is 3.45. The van der Waals surface area contributed by atoms with Crippen molar-refractivity contribution >= 4 is 5.91 Å². The Balaban J connectivity index is 1.90. The lowest BCUT2D eigenvalue weighted by Crippen LogP contribution is -2.33. The number of H-pyrrole nitrogens is 1. The normalized spacial score (nSPS) is 20.4. The summed E-state index contributed by atoms with van der Waals surface area (Å²) in [6, 6.07) is 1.92. The topological polar surface area (TPSA) is 106 Å². The van der Waals surface area contributed by atoms with Crippen molar-refractivity contribution in [1.82, 2.24) is 10.3 Å². The van der Waals surface area contributed by atoms with Crippen molar-refractivity contribution in [3.05, 3.63) is 32.7 Å². The minimum Gasteiger partial charge on any atom is -0.393 e. The van der Waals surface area contributed by atoms with Gasteiger partial charge in [0.05, 0.1) is 6.10 Å². The Morgan fingerprint density at radius 2 is 2.17 bits per heavy atom. The first kappa shape index (κ1) is 18.2. The van der Waals surface area contributed by atoms with E-state index in [2.05, 4.69) is 10.3 Å². The number of carbonyl (C=O) groups is 1. The number of nitriles is 1. The summed E-state index contributed by atoms with van der Waals surface area (Å²) >= 11 is 0. The molecule has 130 valence electrons. The van der Waals surface area contributed by atoms with E-state index in [-0.39, 0.29) is 23.1 Å². The van der Waals surface area contributed by atoms with Crippen molar-refractivity contribution in [3.8, 4) is 6.07 Å². The second kappa shape index (κ2) is 8.11. The zero-order valence-corrected chi connectivity index (χ0v) is 14.3. The molecule has 0 aromatic carbocycles. The Labute approximate surface area is 141 Å². The molecule has 0 aliphatic heterocycles. The maximum atomic E-state index is 12.1. The highest BCUT2D eigenvalue weighted by Gasteiger charge is 2.20. The molecule has 1 aromatic heterocycles. The molecular formula is C18H25N3O3. The quantitative estimate of drug-likeness (QED) is 0.759. The predicted octanol–water partition coefficient (Wildman–Crippen LogP) is 1.46. The van der Waals surface area contributed by atoms with Gasteiger partial charge in [-0.15, -0.1) is 0 Å². The van der Waals surface area contributed by atoms with Crippen LogP contribution in [0.2, 0.25) is 0 Å². The molecule has 24 heavy (non-hydrogen) atoms. The molecule has 2 rings (SSSR count). The van der Waals surface area contributed by atoms with E-state index in [1.54, 1.807) is 13.8 Å². The molecule has 2 atom stereocenters. The second-order valence-electron chi connectivity index (χ2n) is 6.66. The van der Waals surface area contributed by atoms with Crippen molar-refractivity contribution in [1.29, 1.82) is 5.26 Å². The van der Waals surface area contributed by atoms with Gasteiger partial charge in [0, 0.05) is 18.7 Å². The number of aliphatic hydroxyl groups excluding tert-OH is 1. The van der Waals surface area contributed by atoms with E-state index >= 15 is 0 Å². The number of amides is 1. The van der Waals surface area contributed by atoms with Crippen LogP contribution in [0, 0.1) is 31.1 Å². The van der Waals surface area contributed by atoms with E-state index in [0.29, 0.717) is 36.6 Å². The van der Waals surface area contributed by atoms with Gasteiger partial charge in [0.25, 0.3) is 5.56 Å². The lowest BCUT2D eigenvalue weighted by Gasteiger charge is -2.25. The largest absolute Gasteiger partial charge is 0.393 e. The van der Waals surface area contributed by atoms with Gasteiger partial charge in [0.15, 0.2) is 0 Å². The van der Waals surface area contributed by atoms with Crippen LogP contribution in [0.15, 0.2) is 4.79 Å². The molecule has 1 saturated carbocycles. The molecule has 1 amide bonds. The highest BCUT2D eigenvalue weighted by atomic mass is 16.3. The lowest BCUT2D eigenvalue weighted by molar-refractivity contribution is -0.121. The average Bonchev–Trinajstić information content (AvgIpc) is 2.53. The number of nitrogens with zero attached hydrogens (tertiary/aromatic N) is 1. The molecule has 6 nitrogen and oxygen atoms in total. The van der Waals surface area contributed by atoms with E-state index in [0.717, 1.165) is 31.2 Å². The van der Waals surface area contributed by atoms with Crippen molar-refractivity contribution in [2.24, 2.45) is 5.92 Å². The lowest BCUT2D eigenvalue weighted by atomic mass is 9.87. The number of aliphatic hydroxyl groups is 1. The number of carbonyl (C=O) groups excluding carboxylic acids is 1. The number of aromatic nitrogens is 1. The van der Waals surface area contributed by atoms with E-state index in [9.17, 15) is 14.7 Å². The van der Waals surface area contributed by atoms with Gasteiger partial charge in [-0.25, -0.2) is 0 Å². The Hall–Kier alpha value is -2.13. The summed E-state index contributed by atoms with van der Waals surface area (Å²) in [5, 5.41) is 21.7. The molecule has 0 bridgehead atoms. The number of aryl methyl sites for hydroxylation is 1. The standard InChI is InChI=1S/C18H25N3O3/c1-11-15(12(2)21-18(24)16(11)9-19)6-7-17(23)20-10-13-4-3-5-14(22)8-13/h13-14,22H,3-8,10H2,1-2H3,(H,20,23)(H,21,24). The minimum absolute atomic E-state index is 0.0430. The summed E-state index contributed by atoms with van der Waals surface area (Å²) < 4.78 is 0. The smallest absolute Gasteiger partial charge is 0.266 e. The minimum atomic E-state index is -0.378. The van der Waals surface area contributed by atoms with E-state index in [1.165, 1.54) is 0 Å². The monoisotopic (exact) mass is 331 g/mol. The van der Waals surface area contributed by atoms with Crippen LogP contribution < -0.4 is 10.9 Å². The van der Waals surface area contributed by atoms with Crippen molar-refractivity contribution in [2.45, 2.75) is 58.5 Å². The zero-order chi connectivity index (χ0) is 17.7. The van der Waals surface area contributed by atoms with Gasteiger partial charge >= 0.3 is 0 Å². The van der Waals surface area contributed by atoms with Gasteiger partial charge in [0.2, 0.25) is 5.91 Å². The van der Waals surface area contributed by atoms with Crippen LogP contribution in [-0.4, -0.2) is 28.6 Å². The zero-order valence-electron chi connectivity index (χ0n) is 14.3. The number of aromatic amines is 1. The van der Waals surface area contributed by atoms with Crippen LogP contribution in [0.5, 0.6) is 0 Å². The van der Waals surface area contributed by atoms with Gasteiger partial charge in [-0.2, -0.15) is 5.26 Å². The van der Waals surface area contributed by atoms with Gasteiger partial charge in [-0.05, 0) is 56.6 Å². The summed E-state index contributed by atoms with van der Waals surface area (Å²) in [6.45, 7) is 4.13. The van der Waals surface area contributed by atoms with Crippen molar-refractivity contribution in [2.75, 3.05) is 6.54 Å². The fraction of sp³-hybridized carbons (Fsp3) is 0.611. The van der Waals surface area contributed by atoms with E-state index in [1.807, 2.05) is 6.07 Å². The molecular weight excluding hydrogens is 306 g/mol. The number of hydrogen-bond acceptors (Lipinski definition) is 4. The summed E-state index contributed by atoms with van der Waals surface area (Å²) in [6.07, 6.45) is 4.22. The predicted molar refractivity (Wildman–Crippen MR) is 90.5 cm³/mol. The average molecular weight is 331 g/mol. The molecule has 0 saturated heterocycles. The Morgan fingerprint density at radius 1 is 1.42 bits per heavy atom. The summed E-state index contributed by atoms with van der Waals surface area (Å²) in [5.74, 6) is 0.304. The number of rotatable bonds is 5. The van der Waals surface area contributed by atoms with E-state index in [4.69, 9.17) is 5.26 Å². The first-order valence-electron chi connectivity index (χ1n) is 8.49. The third kappa shape index (κ3) is 4.45. The van der Waals surface area contributed by atoms with Gasteiger partial charge < -0.3 is 15.4 Å². The third-order valence-corrected chi connectivity index (χ3v) is 4.87. The van der Waals surface area contributed by atoms with Crippen LogP contribution in [0.3, 0.4) is 0 Å². The maximum Gasteiger partial charge on any atom is 0.266 e. The molecule has 3 N–H and O–H groups in total. The Kier molecular flexibility index (Phi) is 6.16. The Bertz CT molecular complexity index is 703. The Morgan fingerprint density at radius 3 is 2.83 bits per heavy atom. The van der Waals surface area contributed by atoms with Crippen molar-refractivity contribution in [3.63, 3.8) is 0 Å². The molecule has 1 aromatic rings. The van der Waals surface area contributed by atoms with Gasteiger partial charge in [0.1, 0.15) is 11.6 Å². The van der Waals surface area contributed by atoms with Crippen LogP contribution in [0.25, 0.3) is 0 Å². The van der Waals surface area contributed by atoms with Crippen LogP contribution in [0.1, 0.15) is 54.5 Å². The molecule has 0 radical (unpaired) electrons. The molecule has 6 heteroatoms. The summed E-state index contributed by atoms with van der Waals surface area (Å²) in [7, 11) is 0. The van der Waals surface area contributed by atoms with Gasteiger partial charge in [-0.3, -0.25) is 9.59 Å². The van der Waals surface area contributed by atoms with Gasteiger partial charge in [-0.1, -0.05) is 6.42 Å². The molecule has 1 heterocycles. The summed E-state index contributed by atoms with van der Waals surface area (Å²) in [4.78, 5) is 26.5. The molecule has 1 aliphatic rings. The first-order valence-corrected chi connectivity index (χ1v) is 8.49. The third-order valence-electron chi connectivity index (χ3n) is 4.87. The maximum absolute atomic E-state index is 12.1. The van der Waals surface area contributed by atoms with Crippen LogP contribution in [0.4, 0.5) is 0 Å². The molecule has 2 unspecified atom stereocenters. The van der Waals surface area contributed by atoms with Crippen LogP contribution >= 0.6 is 0 Å².